The number of hydrogen-bond acceptors (Lipinski definition) is 2. The second kappa shape index (κ2) is 2.96. The van der Waals surface area contributed by atoms with E-state index >= 15 is 0 Å². The minimum Gasteiger partial charge on any atom is -0.346 e. The van der Waals surface area contributed by atoms with Crippen molar-refractivity contribution >= 4 is 0 Å². The van der Waals surface area contributed by atoms with Crippen molar-refractivity contribution in [3.05, 3.63) is 24.3 Å². The lowest BCUT2D eigenvalue weighted by atomic mass is 10.1. The third-order valence-corrected chi connectivity index (χ3v) is 2.17. The lowest BCUT2D eigenvalue weighted by Crippen LogP contribution is -2.81. The lowest BCUT2D eigenvalue weighted by molar-refractivity contribution is -0.636. The van der Waals surface area contributed by atoms with Gasteiger partial charge in [0.1, 0.15) is 0 Å². The van der Waals surface area contributed by atoms with Crippen LogP contribution in [-0.4, -0.2) is 23.1 Å². The first-order chi connectivity index (χ1) is 5.47. The van der Waals surface area contributed by atoms with Crippen molar-refractivity contribution in [3.63, 3.8) is 0 Å². The van der Waals surface area contributed by atoms with E-state index in [1.54, 1.807) is 12.4 Å². The molecule has 1 atom stereocenters. The Morgan fingerprint density at radius 1 is 1.45 bits per heavy atom. The van der Waals surface area contributed by atoms with Gasteiger partial charge < -0.3 is 5.32 Å². The standard InChI is InChI=1S/C8H11N3/c1-2-9-5-7(1)8-6-10-3-4-11-8/h3-4,6-7,9H,1-2,5H2/p+1/t7-/m1/s1. The molecular weight excluding hydrogens is 138 g/mol. The number of hydrogen-bond donors (Lipinski definition) is 1. The summed E-state index contributed by atoms with van der Waals surface area (Å²) < 4.78 is 0. The van der Waals surface area contributed by atoms with Gasteiger partial charge in [-0.25, -0.2) is 0 Å². The van der Waals surface area contributed by atoms with Crippen molar-refractivity contribution in [1.29, 1.82) is 0 Å². The van der Waals surface area contributed by atoms with E-state index in [4.69, 9.17) is 0 Å². The first-order valence-electron chi connectivity index (χ1n) is 4.04. The maximum absolute atomic E-state index is 4.28. The number of nitrogens with zero attached hydrogens (tertiary/aromatic N) is 2. The topological polar surface area (TPSA) is 42.4 Å². The van der Waals surface area contributed by atoms with E-state index in [-0.39, 0.29) is 0 Å². The van der Waals surface area contributed by atoms with E-state index in [9.17, 15) is 0 Å². The molecule has 0 amide bonds. The fraction of sp³-hybridized carbons (Fsp3) is 0.500. The molecule has 3 heteroatoms. The zero-order chi connectivity index (χ0) is 7.52. The number of aromatic nitrogens is 2. The molecule has 0 saturated carbocycles. The van der Waals surface area contributed by atoms with Crippen molar-refractivity contribution in [1.82, 2.24) is 9.97 Å². The highest BCUT2D eigenvalue weighted by atomic mass is 14.9. The summed E-state index contributed by atoms with van der Waals surface area (Å²) in [7, 11) is 0. The van der Waals surface area contributed by atoms with E-state index in [0.717, 1.165) is 5.69 Å². The van der Waals surface area contributed by atoms with Gasteiger partial charge >= 0.3 is 0 Å². The summed E-state index contributed by atoms with van der Waals surface area (Å²) in [6.07, 6.45) is 6.62. The molecule has 2 rings (SSSR count). The number of rotatable bonds is 1. The molecule has 1 aliphatic rings. The molecule has 11 heavy (non-hydrogen) atoms. The monoisotopic (exact) mass is 150 g/mol. The summed E-state index contributed by atoms with van der Waals surface area (Å²) in [5, 5.41) is 2.33. The van der Waals surface area contributed by atoms with E-state index in [0.29, 0.717) is 5.92 Å². The minimum absolute atomic E-state index is 0.642. The zero-order valence-electron chi connectivity index (χ0n) is 6.40. The van der Waals surface area contributed by atoms with Gasteiger partial charge in [-0.3, -0.25) is 9.97 Å². The molecule has 0 spiro atoms. The van der Waals surface area contributed by atoms with Crippen molar-refractivity contribution in [2.24, 2.45) is 0 Å². The third kappa shape index (κ3) is 1.38. The summed E-state index contributed by atoms with van der Waals surface area (Å²) in [5.74, 6) is 0.642. The molecule has 1 aliphatic heterocycles. The Bertz CT molecular complexity index is 216. The molecule has 1 aromatic heterocycles. The highest BCUT2D eigenvalue weighted by molar-refractivity contribution is 5.03. The smallest absolute Gasteiger partial charge is 0.0843 e. The number of nitrogens with two attached hydrogens (primary N) is 1. The second-order valence-corrected chi connectivity index (χ2v) is 2.93. The molecule has 1 fully saturated rings. The maximum Gasteiger partial charge on any atom is 0.0843 e. The molecule has 2 N–H and O–H groups in total. The van der Waals surface area contributed by atoms with Crippen LogP contribution in [-0.2, 0) is 0 Å². The Hall–Kier alpha value is -0.960. The van der Waals surface area contributed by atoms with Crippen LogP contribution in [0.1, 0.15) is 18.0 Å². The van der Waals surface area contributed by atoms with Crippen molar-refractivity contribution in [2.75, 3.05) is 13.1 Å². The Morgan fingerprint density at radius 2 is 2.45 bits per heavy atom. The van der Waals surface area contributed by atoms with Crippen molar-refractivity contribution in [2.45, 2.75) is 12.3 Å². The van der Waals surface area contributed by atoms with Gasteiger partial charge in [-0.2, -0.15) is 0 Å². The molecule has 3 nitrogen and oxygen atoms in total. The summed E-state index contributed by atoms with van der Waals surface area (Å²) in [5.41, 5.74) is 1.15. The quantitative estimate of drug-likeness (QED) is 0.588. The average Bonchev–Trinajstić information content (AvgIpc) is 2.58. The summed E-state index contributed by atoms with van der Waals surface area (Å²) in [6.45, 7) is 2.42. The lowest BCUT2D eigenvalue weighted by Gasteiger charge is -2.01. The summed E-state index contributed by atoms with van der Waals surface area (Å²) >= 11 is 0. The van der Waals surface area contributed by atoms with Crippen LogP contribution >= 0.6 is 0 Å². The zero-order valence-corrected chi connectivity index (χ0v) is 6.40. The predicted molar refractivity (Wildman–Crippen MR) is 41.0 cm³/mol. The predicted octanol–water partition coefficient (Wildman–Crippen LogP) is -0.473. The highest BCUT2D eigenvalue weighted by Gasteiger charge is 2.20. The molecule has 2 heterocycles. The first-order valence-corrected chi connectivity index (χ1v) is 4.04. The van der Waals surface area contributed by atoms with Crippen LogP contribution in [0.2, 0.25) is 0 Å². The van der Waals surface area contributed by atoms with Gasteiger partial charge in [-0.05, 0) is 0 Å². The van der Waals surface area contributed by atoms with Gasteiger partial charge in [0.15, 0.2) is 0 Å². The summed E-state index contributed by atoms with van der Waals surface area (Å²) in [4.78, 5) is 8.33. The van der Waals surface area contributed by atoms with E-state index in [1.807, 2.05) is 6.20 Å². The van der Waals surface area contributed by atoms with Crippen molar-refractivity contribution in [3.8, 4) is 0 Å². The van der Waals surface area contributed by atoms with Crippen LogP contribution in [0.3, 0.4) is 0 Å². The summed E-state index contributed by atoms with van der Waals surface area (Å²) in [6, 6.07) is 0. The Balaban J connectivity index is 2.16. The third-order valence-electron chi connectivity index (χ3n) is 2.17. The molecule has 1 saturated heterocycles. The average molecular weight is 150 g/mol. The fourth-order valence-electron chi connectivity index (χ4n) is 1.55. The highest BCUT2D eigenvalue weighted by Crippen LogP contribution is 2.15. The van der Waals surface area contributed by atoms with Crippen LogP contribution in [0.25, 0.3) is 0 Å². The Kier molecular flexibility index (Phi) is 1.81. The van der Waals surface area contributed by atoms with Crippen LogP contribution in [0.5, 0.6) is 0 Å². The second-order valence-electron chi connectivity index (χ2n) is 2.93. The van der Waals surface area contributed by atoms with Gasteiger partial charge in [0.2, 0.25) is 0 Å². The molecule has 0 bridgehead atoms. The van der Waals surface area contributed by atoms with Crippen LogP contribution in [0, 0.1) is 0 Å². The molecule has 58 valence electrons. The van der Waals surface area contributed by atoms with Crippen LogP contribution in [0.4, 0.5) is 0 Å². The number of quaternary nitrogens is 1. The normalized spacial score (nSPS) is 23.8. The Morgan fingerprint density at radius 3 is 3.09 bits per heavy atom. The molecule has 0 unspecified atom stereocenters. The van der Waals surface area contributed by atoms with Gasteiger partial charge in [0.05, 0.1) is 24.7 Å². The molecule has 0 aliphatic carbocycles. The maximum atomic E-state index is 4.28. The SMILES string of the molecule is c1cnc([C@@H]2CC[NH2+]C2)cn1. The molecule has 0 radical (unpaired) electrons. The largest absolute Gasteiger partial charge is 0.346 e. The van der Waals surface area contributed by atoms with Crippen LogP contribution < -0.4 is 5.32 Å². The van der Waals surface area contributed by atoms with Crippen LogP contribution in [0.15, 0.2) is 18.6 Å². The van der Waals surface area contributed by atoms with Gasteiger partial charge in [-0.1, -0.05) is 0 Å². The first kappa shape index (κ1) is 6.73. The Labute approximate surface area is 65.9 Å². The molecular formula is C8H12N3+. The molecule has 0 aromatic carbocycles. The van der Waals surface area contributed by atoms with E-state index in [1.165, 1.54) is 19.5 Å². The van der Waals surface area contributed by atoms with Gasteiger partial charge in [0, 0.05) is 25.0 Å². The molecule has 1 aromatic rings. The van der Waals surface area contributed by atoms with E-state index in [2.05, 4.69) is 15.3 Å². The van der Waals surface area contributed by atoms with Crippen molar-refractivity contribution < 1.29 is 5.32 Å². The fourth-order valence-corrected chi connectivity index (χ4v) is 1.55. The van der Waals surface area contributed by atoms with Gasteiger partial charge in [-0.15, -0.1) is 0 Å². The van der Waals surface area contributed by atoms with Gasteiger partial charge in [0.25, 0.3) is 0 Å². The van der Waals surface area contributed by atoms with E-state index < -0.39 is 0 Å². The minimum atomic E-state index is 0.642.